The molecule has 2 aromatic rings. The monoisotopic (exact) mass is 266 g/mol. The molecule has 0 amide bonds. The molecule has 7 heteroatoms. The van der Waals surface area contributed by atoms with Gasteiger partial charge in [0, 0.05) is 25.0 Å². The van der Waals surface area contributed by atoms with E-state index in [1.54, 1.807) is 43.6 Å². The van der Waals surface area contributed by atoms with Crippen LogP contribution in [0.2, 0.25) is 0 Å². The van der Waals surface area contributed by atoms with E-state index in [1.807, 2.05) is 0 Å². The summed E-state index contributed by atoms with van der Waals surface area (Å²) in [4.78, 5) is 0. The first-order chi connectivity index (χ1) is 8.46. The van der Waals surface area contributed by atoms with E-state index in [4.69, 9.17) is 5.73 Å². The van der Waals surface area contributed by atoms with E-state index >= 15 is 0 Å². The third-order valence-corrected chi connectivity index (χ3v) is 3.59. The van der Waals surface area contributed by atoms with Gasteiger partial charge in [-0.2, -0.15) is 5.10 Å². The van der Waals surface area contributed by atoms with Gasteiger partial charge in [-0.05, 0) is 11.6 Å². The van der Waals surface area contributed by atoms with Gasteiger partial charge in [-0.25, -0.2) is 8.42 Å². The smallest absolute Gasteiger partial charge is 0.238 e. The zero-order valence-corrected chi connectivity index (χ0v) is 10.7. The van der Waals surface area contributed by atoms with Gasteiger partial charge in [0.15, 0.2) is 5.82 Å². The number of anilines is 2. The molecule has 1 aromatic heterocycles. The van der Waals surface area contributed by atoms with Crippen molar-refractivity contribution in [1.29, 1.82) is 0 Å². The Morgan fingerprint density at radius 3 is 2.67 bits per heavy atom. The number of hydrogen-bond donors (Lipinski definition) is 2. The largest absolute Gasteiger partial charge is 0.398 e. The van der Waals surface area contributed by atoms with Crippen LogP contribution in [0.15, 0.2) is 36.5 Å². The maximum Gasteiger partial charge on any atom is 0.238 e. The van der Waals surface area contributed by atoms with Gasteiger partial charge in [-0.1, -0.05) is 18.2 Å². The second-order valence-electron chi connectivity index (χ2n) is 3.93. The molecule has 0 saturated carbocycles. The van der Waals surface area contributed by atoms with Crippen LogP contribution in [-0.4, -0.2) is 18.2 Å². The van der Waals surface area contributed by atoms with Crippen LogP contribution in [0.1, 0.15) is 5.56 Å². The van der Waals surface area contributed by atoms with Crippen LogP contribution in [0.5, 0.6) is 0 Å². The van der Waals surface area contributed by atoms with Crippen LogP contribution in [0.4, 0.5) is 11.5 Å². The van der Waals surface area contributed by atoms with E-state index in [9.17, 15) is 8.42 Å². The van der Waals surface area contributed by atoms with Gasteiger partial charge < -0.3 is 5.73 Å². The lowest BCUT2D eigenvalue weighted by Gasteiger charge is -2.07. The highest BCUT2D eigenvalue weighted by atomic mass is 32.2. The number of nitrogens with zero attached hydrogens (tertiary/aromatic N) is 2. The van der Waals surface area contributed by atoms with Crippen molar-refractivity contribution in [2.45, 2.75) is 5.75 Å². The topological polar surface area (TPSA) is 90.0 Å². The summed E-state index contributed by atoms with van der Waals surface area (Å²) < 4.78 is 27.8. The minimum atomic E-state index is -3.50. The maximum atomic E-state index is 11.9. The van der Waals surface area contributed by atoms with E-state index in [-0.39, 0.29) is 5.75 Å². The van der Waals surface area contributed by atoms with E-state index in [1.165, 1.54) is 4.68 Å². The summed E-state index contributed by atoms with van der Waals surface area (Å²) in [5.74, 6) is 0.128. The van der Waals surface area contributed by atoms with Crippen molar-refractivity contribution in [2.75, 3.05) is 10.5 Å². The molecule has 1 aromatic carbocycles. The van der Waals surface area contributed by atoms with E-state index in [0.717, 1.165) is 0 Å². The summed E-state index contributed by atoms with van der Waals surface area (Å²) in [5.41, 5.74) is 6.75. The zero-order chi connectivity index (χ0) is 13.2. The van der Waals surface area contributed by atoms with Crippen molar-refractivity contribution < 1.29 is 8.42 Å². The molecule has 3 N–H and O–H groups in total. The normalized spacial score (nSPS) is 11.4. The number of nitrogens with two attached hydrogens (primary N) is 1. The predicted molar refractivity (Wildman–Crippen MR) is 70.3 cm³/mol. The molecular weight excluding hydrogens is 252 g/mol. The summed E-state index contributed by atoms with van der Waals surface area (Å²) >= 11 is 0. The first-order valence-electron chi connectivity index (χ1n) is 5.30. The first-order valence-corrected chi connectivity index (χ1v) is 6.95. The Balaban J connectivity index is 2.15. The van der Waals surface area contributed by atoms with Gasteiger partial charge in [0.05, 0.1) is 5.75 Å². The van der Waals surface area contributed by atoms with Crippen molar-refractivity contribution in [3.63, 3.8) is 0 Å². The lowest BCUT2D eigenvalue weighted by molar-refractivity contribution is 0.600. The number of aryl methyl sites for hydroxylation is 1. The number of benzene rings is 1. The van der Waals surface area contributed by atoms with Gasteiger partial charge in [0.2, 0.25) is 10.0 Å². The Hall–Kier alpha value is -2.02. The number of nitrogens with one attached hydrogen (secondary N) is 1. The van der Waals surface area contributed by atoms with Crippen LogP contribution >= 0.6 is 0 Å². The molecule has 2 rings (SSSR count). The fourth-order valence-electron chi connectivity index (χ4n) is 1.54. The Morgan fingerprint density at radius 2 is 2.06 bits per heavy atom. The van der Waals surface area contributed by atoms with Gasteiger partial charge in [-0.15, -0.1) is 0 Å². The number of sulfonamides is 1. The Bertz CT molecular complexity index is 649. The third kappa shape index (κ3) is 3.01. The van der Waals surface area contributed by atoms with Crippen molar-refractivity contribution in [2.24, 2.45) is 7.05 Å². The molecule has 0 fully saturated rings. The Labute approximate surface area is 105 Å². The van der Waals surface area contributed by atoms with Crippen LogP contribution in [0.3, 0.4) is 0 Å². The highest BCUT2D eigenvalue weighted by molar-refractivity contribution is 7.91. The molecule has 0 spiro atoms. The van der Waals surface area contributed by atoms with Crippen LogP contribution < -0.4 is 10.5 Å². The first kappa shape index (κ1) is 12.4. The number of rotatable bonds is 4. The molecule has 0 atom stereocenters. The SMILES string of the molecule is Cn1ccc(NS(=O)(=O)Cc2ccccc2N)n1. The Kier molecular flexibility index (Phi) is 3.24. The molecule has 96 valence electrons. The standard InChI is InChI=1S/C11H14N4O2S/c1-15-7-6-11(13-15)14-18(16,17)8-9-4-2-3-5-10(9)12/h2-7H,8,12H2,1H3,(H,13,14). The number of para-hydroxylation sites is 1. The molecule has 0 aliphatic carbocycles. The van der Waals surface area contributed by atoms with Crippen LogP contribution in [-0.2, 0) is 22.8 Å². The van der Waals surface area contributed by atoms with E-state index in [0.29, 0.717) is 17.1 Å². The van der Waals surface area contributed by atoms with E-state index < -0.39 is 10.0 Å². The average molecular weight is 266 g/mol. The minimum Gasteiger partial charge on any atom is -0.398 e. The Morgan fingerprint density at radius 1 is 1.33 bits per heavy atom. The summed E-state index contributed by atoms with van der Waals surface area (Å²) in [6.07, 6.45) is 1.66. The van der Waals surface area contributed by atoms with Crippen molar-refractivity contribution in [3.05, 3.63) is 42.1 Å². The molecular formula is C11H14N4O2S. The molecule has 0 radical (unpaired) electrons. The van der Waals surface area contributed by atoms with Gasteiger partial charge >= 0.3 is 0 Å². The fraction of sp³-hybridized carbons (Fsp3) is 0.182. The highest BCUT2D eigenvalue weighted by Gasteiger charge is 2.14. The molecule has 0 bridgehead atoms. The molecule has 0 aliphatic rings. The summed E-state index contributed by atoms with van der Waals surface area (Å²) in [7, 11) is -1.79. The molecule has 1 heterocycles. The second-order valence-corrected chi connectivity index (χ2v) is 5.66. The fourth-order valence-corrected chi connectivity index (χ4v) is 2.71. The maximum absolute atomic E-state index is 11.9. The predicted octanol–water partition coefficient (Wildman–Crippen LogP) is 0.944. The van der Waals surface area contributed by atoms with Crippen molar-refractivity contribution in [3.8, 4) is 0 Å². The van der Waals surface area contributed by atoms with Gasteiger partial charge in [0.25, 0.3) is 0 Å². The molecule has 0 aliphatic heterocycles. The minimum absolute atomic E-state index is 0.170. The number of hydrogen-bond acceptors (Lipinski definition) is 4. The highest BCUT2D eigenvalue weighted by Crippen LogP contribution is 2.15. The van der Waals surface area contributed by atoms with Gasteiger partial charge in [-0.3, -0.25) is 9.40 Å². The summed E-state index contributed by atoms with van der Waals surface area (Å²) in [6, 6.07) is 8.46. The molecule has 0 unspecified atom stereocenters. The van der Waals surface area contributed by atoms with Crippen molar-refractivity contribution in [1.82, 2.24) is 9.78 Å². The summed E-state index contributed by atoms with van der Waals surface area (Å²) in [5, 5.41) is 3.96. The van der Waals surface area contributed by atoms with Crippen molar-refractivity contribution >= 4 is 21.5 Å². The quantitative estimate of drug-likeness (QED) is 0.806. The van der Waals surface area contributed by atoms with E-state index in [2.05, 4.69) is 9.82 Å². The lowest BCUT2D eigenvalue weighted by Crippen LogP contribution is -2.16. The molecule has 0 saturated heterocycles. The second kappa shape index (κ2) is 4.69. The molecule has 6 nitrogen and oxygen atoms in total. The zero-order valence-electron chi connectivity index (χ0n) is 9.87. The number of nitrogen functional groups attached to an aromatic ring is 1. The molecule has 18 heavy (non-hydrogen) atoms. The summed E-state index contributed by atoms with van der Waals surface area (Å²) in [6.45, 7) is 0. The van der Waals surface area contributed by atoms with Crippen LogP contribution in [0, 0.1) is 0 Å². The van der Waals surface area contributed by atoms with Gasteiger partial charge in [0.1, 0.15) is 0 Å². The van der Waals surface area contributed by atoms with Crippen LogP contribution in [0.25, 0.3) is 0 Å². The number of aromatic nitrogens is 2. The average Bonchev–Trinajstić information content (AvgIpc) is 2.66. The lowest BCUT2D eigenvalue weighted by atomic mass is 10.2. The third-order valence-electron chi connectivity index (χ3n) is 2.37.